The zero-order valence-electron chi connectivity index (χ0n) is 16.4. The number of rotatable bonds is 6. The van der Waals surface area contributed by atoms with Crippen LogP contribution in [0.25, 0.3) is 0 Å². The predicted octanol–water partition coefficient (Wildman–Crippen LogP) is 4.96. The van der Waals surface area contributed by atoms with Crippen LogP contribution in [0, 0.1) is 0 Å². The number of benzene rings is 2. The molecule has 1 heterocycles. The molecule has 2 aromatic rings. The van der Waals surface area contributed by atoms with E-state index in [1.807, 2.05) is 0 Å². The molecule has 0 radical (unpaired) electrons. The molecule has 1 fully saturated rings. The van der Waals surface area contributed by atoms with Gasteiger partial charge in [-0.15, -0.1) is 0 Å². The molecule has 0 aliphatic carbocycles. The van der Waals surface area contributed by atoms with Crippen molar-refractivity contribution in [2.24, 2.45) is 0 Å². The molecule has 2 aromatic carbocycles. The van der Waals surface area contributed by atoms with E-state index >= 15 is 0 Å². The van der Waals surface area contributed by atoms with Gasteiger partial charge in [0.15, 0.2) is 10.9 Å². The lowest BCUT2D eigenvalue weighted by Crippen LogP contribution is -2.38. The van der Waals surface area contributed by atoms with Crippen LogP contribution in [-0.2, 0) is 14.8 Å². The van der Waals surface area contributed by atoms with Crippen LogP contribution in [0.15, 0.2) is 35.2 Å². The summed E-state index contributed by atoms with van der Waals surface area (Å²) in [5.74, 6) is -0.531. The van der Waals surface area contributed by atoms with Crippen LogP contribution in [-0.4, -0.2) is 49.2 Å². The quantitative estimate of drug-likeness (QED) is 0.363. The largest absolute Gasteiger partial charge is 0.504 e. The van der Waals surface area contributed by atoms with E-state index in [1.54, 1.807) is 18.2 Å². The smallest absolute Gasteiger partial charge is 0.248 e. The van der Waals surface area contributed by atoms with Gasteiger partial charge in [0.1, 0.15) is 4.90 Å². The van der Waals surface area contributed by atoms with Gasteiger partial charge in [0, 0.05) is 19.7 Å². The first kappa shape index (κ1) is 24.3. The highest BCUT2D eigenvalue weighted by atomic mass is 35.5. The molecule has 31 heavy (non-hydrogen) atoms. The lowest BCUT2D eigenvalue weighted by molar-refractivity contribution is 0.149. The monoisotopic (exact) mass is 523 g/mol. The Morgan fingerprint density at radius 3 is 2.61 bits per heavy atom. The summed E-state index contributed by atoms with van der Waals surface area (Å²) in [7, 11) is -2.56. The van der Waals surface area contributed by atoms with Crippen LogP contribution in [0.3, 0.4) is 0 Å². The van der Waals surface area contributed by atoms with Crippen LogP contribution < -0.4 is 10.6 Å². The topological polar surface area (TPSA) is 90.9 Å². The number of methoxy groups -OCH3 is 1. The number of phenols is 1. The lowest BCUT2D eigenvalue weighted by Gasteiger charge is -2.25. The number of hydrogen-bond donors (Lipinski definition) is 3. The Bertz CT molecular complexity index is 1100. The summed E-state index contributed by atoms with van der Waals surface area (Å²) in [5.41, 5.74) is 0.522. The molecule has 0 spiro atoms. The minimum absolute atomic E-state index is 0.0705. The normalized spacial score (nSPS) is 17.0. The van der Waals surface area contributed by atoms with Crippen molar-refractivity contribution in [3.63, 3.8) is 0 Å². The molecule has 0 unspecified atom stereocenters. The molecule has 1 aliphatic heterocycles. The number of ether oxygens (including phenoxy) is 1. The van der Waals surface area contributed by atoms with Crippen molar-refractivity contribution >= 4 is 73.5 Å². The molecule has 0 saturated carbocycles. The van der Waals surface area contributed by atoms with E-state index in [-0.39, 0.29) is 38.4 Å². The van der Waals surface area contributed by atoms with Crippen LogP contribution in [0.5, 0.6) is 5.75 Å². The highest BCUT2D eigenvalue weighted by Gasteiger charge is 2.38. The maximum atomic E-state index is 13.3. The molecule has 1 atom stereocenters. The Labute approximate surface area is 201 Å². The SMILES string of the molecule is COC[C@@H]1CCCN1S(=O)(=O)c1c(Cl)ccc(NC(=S)Nc2cccc(Cl)c2Cl)c1O. The van der Waals surface area contributed by atoms with Gasteiger partial charge in [0.2, 0.25) is 10.0 Å². The summed E-state index contributed by atoms with van der Waals surface area (Å²) in [4.78, 5) is -0.384. The molecule has 168 valence electrons. The zero-order valence-corrected chi connectivity index (χ0v) is 20.3. The van der Waals surface area contributed by atoms with E-state index in [1.165, 1.54) is 23.5 Å². The molecule has 1 saturated heterocycles. The summed E-state index contributed by atoms with van der Waals surface area (Å²) in [6.45, 7) is 0.570. The maximum absolute atomic E-state index is 13.3. The van der Waals surface area contributed by atoms with E-state index in [0.717, 1.165) is 0 Å². The molecular weight excluding hydrogens is 505 g/mol. The number of sulfonamides is 1. The second-order valence-corrected chi connectivity index (χ2v) is 10.2. The van der Waals surface area contributed by atoms with Gasteiger partial charge in [0.25, 0.3) is 0 Å². The van der Waals surface area contributed by atoms with E-state index in [2.05, 4.69) is 10.6 Å². The van der Waals surface area contributed by atoms with Gasteiger partial charge in [0.05, 0.1) is 33.0 Å². The van der Waals surface area contributed by atoms with Gasteiger partial charge in [-0.2, -0.15) is 4.31 Å². The zero-order chi connectivity index (χ0) is 22.8. The van der Waals surface area contributed by atoms with Crippen molar-refractivity contribution in [3.05, 3.63) is 45.4 Å². The van der Waals surface area contributed by atoms with Gasteiger partial charge < -0.3 is 20.5 Å². The van der Waals surface area contributed by atoms with Crippen molar-refractivity contribution in [2.75, 3.05) is 30.9 Å². The fourth-order valence-corrected chi connectivity index (χ4v) is 6.22. The first-order valence-corrected chi connectivity index (χ1v) is 12.2. The van der Waals surface area contributed by atoms with Gasteiger partial charge in [-0.25, -0.2) is 8.42 Å². The maximum Gasteiger partial charge on any atom is 0.248 e. The minimum atomic E-state index is -4.07. The van der Waals surface area contributed by atoms with E-state index in [9.17, 15) is 13.5 Å². The Morgan fingerprint density at radius 2 is 1.90 bits per heavy atom. The molecular formula is C19H20Cl3N3O4S2. The van der Waals surface area contributed by atoms with Gasteiger partial charge in [-0.3, -0.25) is 0 Å². The second kappa shape index (κ2) is 10.1. The molecule has 0 amide bonds. The minimum Gasteiger partial charge on any atom is -0.504 e. The number of halogens is 3. The third-order valence-electron chi connectivity index (χ3n) is 4.78. The number of nitrogens with zero attached hydrogens (tertiary/aromatic N) is 1. The fraction of sp³-hybridized carbons (Fsp3) is 0.316. The van der Waals surface area contributed by atoms with Gasteiger partial charge >= 0.3 is 0 Å². The summed E-state index contributed by atoms with van der Waals surface area (Å²) < 4.78 is 33.0. The molecule has 12 heteroatoms. The van der Waals surface area contributed by atoms with E-state index < -0.39 is 15.8 Å². The van der Waals surface area contributed by atoms with E-state index in [4.69, 9.17) is 51.8 Å². The van der Waals surface area contributed by atoms with Crippen LogP contribution >= 0.6 is 47.0 Å². The highest BCUT2D eigenvalue weighted by Crippen LogP contribution is 2.40. The van der Waals surface area contributed by atoms with Crippen molar-refractivity contribution < 1.29 is 18.3 Å². The number of nitrogens with one attached hydrogen (secondary N) is 2. The van der Waals surface area contributed by atoms with Gasteiger partial charge in [-0.05, 0) is 49.3 Å². The standard InChI is InChI=1S/C19H20Cl3N3O4S2/c1-29-10-11-4-3-9-25(11)31(27,28)18-13(21)7-8-15(17(18)26)24-19(30)23-14-6-2-5-12(20)16(14)22/h2,5-8,11,26H,3-4,9-10H2,1H3,(H2,23,24,30)/t11-/m0/s1. The van der Waals surface area contributed by atoms with Crippen molar-refractivity contribution in [2.45, 2.75) is 23.8 Å². The van der Waals surface area contributed by atoms with Crippen molar-refractivity contribution in [1.82, 2.24) is 4.31 Å². The van der Waals surface area contributed by atoms with Crippen molar-refractivity contribution in [1.29, 1.82) is 0 Å². The second-order valence-electron chi connectivity index (χ2n) is 6.82. The average molecular weight is 525 g/mol. The molecule has 1 aliphatic rings. The fourth-order valence-electron chi connectivity index (χ4n) is 3.37. The first-order valence-electron chi connectivity index (χ1n) is 9.21. The number of phenolic OH excluding ortho intramolecular Hbond substituents is 1. The molecule has 3 N–H and O–H groups in total. The van der Waals surface area contributed by atoms with Crippen LogP contribution in [0.2, 0.25) is 15.1 Å². The number of hydrogen-bond acceptors (Lipinski definition) is 5. The first-order chi connectivity index (χ1) is 14.7. The molecule has 3 rings (SSSR count). The third kappa shape index (κ3) is 5.19. The van der Waals surface area contributed by atoms with Gasteiger partial charge in [-0.1, -0.05) is 40.9 Å². The Hall–Kier alpha value is -1.33. The number of aromatic hydroxyl groups is 1. The van der Waals surface area contributed by atoms with Crippen molar-refractivity contribution in [3.8, 4) is 5.75 Å². The summed E-state index contributed by atoms with van der Waals surface area (Å²) in [6.07, 6.45) is 1.36. The summed E-state index contributed by atoms with van der Waals surface area (Å²) in [5, 5.41) is 17.0. The summed E-state index contributed by atoms with van der Waals surface area (Å²) >= 11 is 23.6. The average Bonchev–Trinajstić information content (AvgIpc) is 3.17. The molecule has 7 nitrogen and oxygen atoms in total. The molecule has 0 bridgehead atoms. The lowest BCUT2D eigenvalue weighted by atomic mass is 10.2. The summed E-state index contributed by atoms with van der Waals surface area (Å²) in [6, 6.07) is 7.48. The Morgan fingerprint density at radius 1 is 1.19 bits per heavy atom. The Balaban J connectivity index is 1.88. The predicted molar refractivity (Wildman–Crippen MR) is 128 cm³/mol. The van der Waals surface area contributed by atoms with E-state index in [0.29, 0.717) is 30.1 Å². The number of anilines is 2. The third-order valence-corrected chi connectivity index (χ3v) is 8.26. The number of thiocarbonyl (C=S) groups is 1. The van der Waals surface area contributed by atoms with Crippen LogP contribution in [0.1, 0.15) is 12.8 Å². The van der Waals surface area contributed by atoms with Crippen LogP contribution in [0.4, 0.5) is 11.4 Å². The highest BCUT2D eigenvalue weighted by molar-refractivity contribution is 7.89. The Kier molecular flexibility index (Phi) is 7.90. The molecule has 0 aromatic heterocycles.